The van der Waals surface area contributed by atoms with Gasteiger partial charge in [-0.25, -0.2) is 13.2 Å². The van der Waals surface area contributed by atoms with Gasteiger partial charge in [-0.05, 0) is 0 Å². The monoisotopic (exact) mass is 265 g/mol. The highest BCUT2D eigenvalue weighted by Crippen LogP contribution is 2.51. The van der Waals surface area contributed by atoms with Crippen molar-refractivity contribution in [3.05, 3.63) is 6.92 Å². The van der Waals surface area contributed by atoms with Crippen molar-refractivity contribution in [2.45, 2.75) is 30.1 Å². The SMILES string of the molecule is [CH2]C(F)(F)C(F)C(F)(F)C(F)(F)C(F)(F)F. The van der Waals surface area contributed by atoms with Crippen LogP contribution in [0.5, 0.6) is 0 Å². The van der Waals surface area contributed by atoms with E-state index in [1.807, 2.05) is 0 Å². The van der Waals surface area contributed by atoms with E-state index in [-0.39, 0.29) is 0 Å². The molecule has 0 fully saturated rings. The van der Waals surface area contributed by atoms with Crippen LogP contribution in [0.25, 0.3) is 0 Å². The van der Waals surface area contributed by atoms with Gasteiger partial charge in [-0.3, -0.25) is 0 Å². The summed E-state index contributed by atoms with van der Waals surface area (Å²) in [5.41, 5.74) is 0. The minimum atomic E-state index is -6.92. The summed E-state index contributed by atoms with van der Waals surface area (Å²) in [5, 5.41) is 0. The quantitative estimate of drug-likeness (QED) is 0.683. The molecule has 1 atom stereocenters. The van der Waals surface area contributed by atoms with Crippen molar-refractivity contribution in [1.29, 1.82) is 0 Å². The molecule has 0 aromatic carbocycles. The number of hydrogen-bond donors (Lipinski definition) is 0. The molecule has 0 aromatic rings. The van der Waals surface area contributed by atoms with Crippen molar-refractivity contribution in [2.75, 3.05) is 0 Å². The highest BCUT2D eigenvalue weighted by molar-refractivity contribution is 5.01. The Labute approximate surface area is 82.2 Å². The molecule has 1 unspecified atom stereocenters. The summed E-state index contributed by atoms with van der Waals surface area (Å²) in [6.07, 6.45) is -11.9. The molecule has 0 N–H and O–H groups in total. The molecule has 0 rings (SSSR count). The van der Waals surface area contributed by atoms with Crippen molar-refractivity contribution in [1.82, 2.24) is 0 Å². The van der Waals surface area contributed by atoms with Crippen molar-refractivity contribution in [2.24, 2.45) is 0 Å². The molecule has 0 heterocycles. The van der Waals surface area contributed by atoms with Gasteiger partial charge in [-0.2, -0.15) is 30.7 Å². The molecule has 97 valence electrons. The second-order valence-corrected chi connectivity index (χ2v) is 2.82. The molecule has 0 aliphatic heterocycles. The number of halogens is 10. The van der Waals surface area contributed by atoms with E-state index in [0.717, 1.165) is 0 Å². The zero-order valence-electron chi connectivity index (χ0n) is 7.06. The predicted molar refractivity (Wildman–Crippen MR) is 31.1 cm³/mol. The maximum atomic E-state index is 12.2. The average Bonchev–Trinajstić information content (AvgIpc) is 1.98. The van der Waals surface area contributed by atoms with Gasteiger partial charge in [0.15, 0.2) is 0 Å². The van der Waals surface area contributed by atoms with Gasteiger partial charge in [0, 0.05) is 6.92 Å². The topological polar surface area (TPSA) is 0 Å². The maximum absolute atomic E-state index is 12.2. The van der Waals surface area contributed by atoms with Crippen LogP contribution in [-0.4, -0.2) is 30.1 Å². The van der Waals surface area contributed by atoms with E-state index in [9.17, 15) is 43.9 Å². The molecule has 0 aromatic heterocycles. The minimum absolute atomic E-state index is 1.44. The molecule has 1 radical (unpaired) electrons. The molecule has 0 aliphatic rings. The molecule has 0 amide bonds. The molecular weight excluding hydrogens is 262 g/mol. The molecule has 0 nitrogen and oxygen atoms in total. The zero-order chi connectivity index (χ0) is 13.6. The molecule has 16 heavy (non-hydrogen) atoms. The molecular formula is C6H3F10. The molecule has 0 aliphatic carbocycles. The van der Waals surface area contributed by atoms with Crippen molar-refractivity contribution < 1.29 is 43.9 Å². The predicted octanol–water partition coefficient (Wildman–Crippen LogP) is 3.63. The van der Waals surface area contributed by atoms with E-state index in [2.05, 4.69) is 0 Å². The molecule has 0 bridgehead atoms. The summed E-state index contributed by atoms with van der Waals surface area (Å²) >= 11 is 0. The van der Waals surface area contributed by atoms with E-state index in [4.69, 9.17) is 0 Å². The van der Waals surface area contributed by atoms with Gasteiger partial charge in [-0.15, -0.1) is 0 Å². The Bertz CT molecular complexity index is 245. The van der Waals surface area contributed by atoms with Crippen molar-refractivity contribution in [3.8, 4) is 0 Å². The minimum Gasteiger partial charge on any atom is -0.234 e. The largest absolute Gasteiger partial charge is 0.459 e. The van der Waals surface area contributed by atoms with Crippen LogP contribution in [-0.2, 0) is 0 Å². The van der Waals surface area contributed by atoms with Gasteiger partial charge in [-0.1, -0.05) is 0 Å². The summed E-state index contributed by atoms with van der Waals surface area (Å²) in [7, 11) is 0. The summed E-state index contributed by atoms with van der Waals surface area (Å²) in [6.45, 7) is 1.44. The van der Waals surface area contributed by atoms with E-state index >= 15 is 0 Å². The Kier molecular flexibility index (Phi) is 3.50. The third-order valence-electron chi connectivity index (χ3n) is 1.46. The third-order valence-corrected chi connectivity index (χ3v) is 1.46. The Morgan fingerprint density at radius 1 is 0.750 bits per heavy atom. The van der Waals surface area contributed by atoms with Gasteiger partial charge in [0.2, 0.25) is 6.17 Å². The van der Waals surface area contributed by atoms with Crippen LogP contribution in [0.3, 0.4) is 0 Å². The van der Waals surface area contributed by atoms with E-state index in [0.29, 0.717) is 0 Å². The molecule has 0 saturated heterocycles. The van der Waals surface area contributed by atoms with Crippen LogP contribution in [0, 0.1) is 6.92 Å². The van der Waals surface area contributed by atoms with Crippen LogP contribution in [0.2, 0.25) is 0 Å². The van der Waals surface area contributed by atoms with Gasteiger partial charge in [0.25, 0.3) is 5.92 Å². The summed E-state index contributed by atoms with van der Waals surface area (Å²) < 4.78 is 119. The van der Waals surface area contributed by atoms with Gasteiger partial charge < -0.3 is 0 Å². The third kappa shape index (κ3) is 2.34. The lowest BCUT2D eigenvalue weighted by atomic mass is 10.0. The van der Waals surface area contributed by atoms with E-state index in [1.54, 1.807) is 0 Å². The fourth-order valence-electron chi connectivity index (χ4n) is 0.613. The lowest BCUT2D eigenvalue weighted by molar-refractivity contribution is -0.375. The zero-order valence-corrected chi connectivity index (χ0v) is 7.06. The second-order valence-electron chi connectivity index (χ2n) is 2.82. The fourth-order valence-corrected chi connectivity index (χ4v) is 0.613. The first-order chi connectivity index (χ1) is 6.65. The lowest BCUT2D eigenvalue weighted by Gasteiger charge is -2.32. The lowest BCUT2D eigenvalue weighted by Crippen LogP contribution is -2.60. The van der Waals surface area contributed by atoms with E-state index < -0.39 is 30.1 Å². The standard InChI is InChI=1S/C6H3F10/c1-3(8,9)2(7)4(10,11)5(12,13)6(14,15)16/h2H,1H2. The Hall–Kier alpha value is -0.700. The number of hydrogen-bond acceptors (Lipinski definition) is 0. The van der Waals surface area contributed by atoms with Crippen LogP contribution in [0.4, 0.5) is 43.9 Å². The highest BCUT2D eigenvalue weighted by Gasteiger charge is 2.78. The smallest absolute Gasteiger partial charge is 0.234 e. The highest BCUT2D eigenvalue weighted by atomic mass is 19.4. The van der Waals surface area contributed by atoms with Gasteiger partial charge >= 0.3 is 18.0 Å². The molecule has 0 spiro atoms. The van der Waals surface area contributed by atoms with Gasteiger partial charge in [0.05, 0.1) is 0 Å². The van der Waals surface area contributed by atoms with Gasteiger partial charge in [0.1, 0.15) is 0 Å². The molecule has 0 saturated carbocycles. The van der Waals surface area contributed by atoms with Crippen LogP contribution >= 0.6 is 0 Å². The Morgan fingerprint density at radius 2 is 1.06 bits per heavy atom. The summed E-state index contributed by atoms with van der Waals surface area (Å²) in [4.78, 5) is 0. The normalized spacial score (nSPS) is 17.4. The first kappa shape index (κ1) is 15.3. The van der Waals surface area contributed by atoms with Crippen LogP contribution in [0.15, 0.2) is 0 Å². The first-order valence-electron chi connectivity index (χ1n) is 3.35. The maximum Gasteiger partial charge on any atom is 0.459 e. The fraction of sp³-hybridized carbons (Fsp3) is 0.833. The number of rotatable bonds is 3. The van der Waals surface area contributed by atoms with E-state index in [1.165, 1.54) is 6.92 Å². The van der Waals surface area contributed by atoms with Crippen molar-refractivity contribution >= 4 is 0 Å². The van der Waals surface area contributed by atoms with Crippen LogP contribution in [0.1, 0.15) is 0 Å². The number of alkyl halides is 10. The first-order valence-corrected chi connectivity index (χ1v) is 3.35. The molecule has 10 heteroatoms. The second kappa shape index (κ2) is 3.66. The summed E-state index contributed by atoms with van der Waals surface area (Å²) in [6, 6.07) is 0. The van der Waals surface area contributed by atoms with Crippen molar-refractivity contribution in [3.63, 3.8) is 0 Å². The van der Waals surface area contributed by atoms with Crippen LogP contribution < -0.4 is 0 Å². The Morgan fingerprint density at radius 3 is 1.25 bits per heavy atom. The Balaban J connectivity index is 5.37. The average molecular weight is 265 g/mol. The summed E-state index contributed by atoms with van der Waals surface area (Å²) in [5.74, 6) is -18.8.